The molecule has 3 aromatic carbocycles. The highest BCUT2D eigenvalue weighted by atomic mass is 35.5. The van der Waals surface area contributed by atoms with E-state index in [1.165, 1.54) is 4.90 Å². The Bertz CT molecular complexity index is 1230. The number of aliphatic hydroxyl groups is 1. The minimum Gasteiger partial charge on any atom is -0.491 e. The number of hydrogen-bond donors (Lipinski definition) is 2. The van der Waals surface area contributed by atoms with Crippen LogP contribution in [0, 0.1) is 5.92 Å². The van der Waals surface area contributed by atoms with E-state index < -0.39 is 30.0 Å². The molecule has 7 nitrogen and oxygen atoms in total. The van der Waals surface area contributed by atoms with Gasteiger partial charge in [-0.1, -0.05) is 67.1 Å². The molecule has 2 N–H and O–H groups in total. The number of benzodiazepines with no additional fused rings is 1. The maximum absolute atomic E-state index is 13.3. The third-order valence-electron chi connectivity index (χ3n) is 5.88. The molecule has 1 aliphatic rings. The molecule has 2 amide bonds. The fourth-order valence-electron chi connectivity index (χ4n) is 3.75. The summed E-state index contributed by atoms with van der Waals surface area (Å²) < 4.78 is 5.57. The number of para-hydroxylation sites is 1. The number of nitrogens with zero attached hydrogens (tertiary/aromatic N) is 2. The number of aliphatic hydroxyl groups excluding tert-OH is 1. The molecule has 0 saturated heterocycles. The summed E-state index contributed by atoms with van der Waals surface area (Å²) in [6.45, 7) is 1.51. The summed E-state index contributed by atoms with van der Waals surface area (Å²) in [5.41, 5.74) is 2.62. The molecule has 0 aromatic heterocycles. The van der Waals surface area contributed by atoms with Gasteiger partial charge in [-0.3, -0.25) is 9.59 Å². The van der Waals surface area contributed by atoms with Crippen molar-refractivity contribution in [2.45, 2.75) is 19.2 Å². The average molecular weight is 492 g/mol. The molecule has 0 saturated carbocycles. The summed E-state index contributed by atoms with van der Waals surface area (Å²) in [7, 11) is 1.63. The van der Waals surface area contributed by atoms with Gasteiger partial charge >= 0.3 is 0 Å². The Morgan fingerprint density at radius 3 is 2.46 bits per heavy atom. The molecule has 1 heterocycles. The highest BCUT2D eigenvalue weighted by Gasteiger charge is 2.33. The monoisotopic (exact) mass is 491 g/mol. The molecular formula is C27H26ClN3O4. The molecule has 4 rings (SSSR count). The SMILES string of the molecule is C[C@@H](C(=O)NC1N=C(c2ccccc2)c2cc(Cl)ccc2N(C)C1=O)[C@H](O)COc1ccccc1. The van der Waals surface area contributed by atoms with Gasteiger partial charge in [-0.25, -0.2) is 4.99 Å². The largest absolute Gasteiger partial charge is 0.491 e. The van der Waals surface area contributed by atoms with Crippen LogP contribution in [0.25, 0.3) is 0 Å². The number of anilines is 1. The second-order valence-corrected chi connectivity index (χ2v) is 8.73. The van der Waals surface area contributed by atoms with Crippen molar-refractivity contribution in [3.8, 4) is 5.75 Å². The number of aliphatic imine (C=N–C) groups is 1. The molecule has 0 aliphatic carbocycles. The van der Waals surface area contributed by atoms with Crippen LogP contribution in [0.2, 0.25) is 5.02 Å². The molecule has 8 heteroatoms. The summed E-state index contributed by atoms with van der Waals surface area (Å²) in [6.07, 6.45) is -2.26. The third-order valence-corrected chi connectivity index (χ3v) is 6.11. The Labute approximate surface area is 209 Å². The van der Waals surface area contributed by atoms with E-state index in [0.717, 1.165) is 5.56 Å². The van der Waals surface area contributed by atoms with Gasteiger partial charge in [0.15, 0.2) is 0 Å². The minimum absolute atomic E-state index is 0.0699. The highest BCUT2D eigenvalue weighted by Crippen LogP contribution is 2.30. The minimum atomic E-state index is -1.18. The van der Waals surface area contributed by atoms with Crippen LogP contribution in [0.1, 0.15) is 18.1 Å². The van der Waals surface area contributed by atoms with Crippen LogP contribution in [0.15, 0.2) is 83.9 Å². The normalized spacial score (nSPS) is 17.0. The van der Waals surface area contributed by atoms with Gasteiger partial charge in [0.2, 0.25) is 12.1 Å². The number of ether oxygens (including phenoxy) is 1. The van der Waals surface area contributed by atoms with Crippen molar-refractivity contribution in [3.05, 3.63) is 95.0 Å². The first-order valence-corrected chi connectivity index (χ1v) is 11.6. The summed E-state index contributed by atoms with van der Waals surface area (Å²) >= 11 is 6.27. The van der Waals surface area contributed by atoms with Gasteiger partial charge in [-0.05, 0) is 30.3 Å². The summed E-state index contributed by atoms with van der Waals surface area (Å²) in [5, 5.41) is 13.7. The highest BCUT2D eigenvalue weighted by molar-refractivity contribution is 6.32. The average Bonchev–Trinajstić information content (AvgIpc) is 2.98. The number of carbonyl (C=O) groups is 2. The standard InChI is InChI=1S/C27H26ClN3O4/c1-17(23(32)16-35-20-11-7-4-8-12-20)26(33)30-25-27(34)31(2)22-14-13-19(28)15-21(22)24(29-25)18-9-5-3-6-10-18/h3-15,17,23,25,32H,16H2,1-2H3,(H,30,33)/t17-,23-,25?/m1/s1. The van der Waals surface area contributed by atoms with Crippen LogP contribution in [0.4, 0.5) is 5.69 Å². The molecule has 180 valence electrons. The lowest BCUT2D eigenvalue weighted by atomic mass is 10.0. The predicted molar refractivity (Wildman–Crippen MR) is 136 cm³/mol. The number of likely N-dealkylation sites (N-methyl/N-ethyl adjacent to an activating group) is 1. The third kappa shape index (κ3) is 5.53. The Balaban J connectivity index is 1.58. The van der Waals surface area contributed by atoms with E-state index in [2.05, 4.69) is 10.3 Å². The van der Waals surface area contributed by atoms with Gasteiger partial charge in [0, 0.05) is 23.2 Å². The lowest BCUT2D eigenvalue weighted by molar-refractivity contribution is -0.132. The molecular weight excluding hydrogens is 466 g/mol. The molecule has 3 aromatic rings. The quantitative estimate of drug-likeness (QED) is 0.527. The van der Waals surface area contributed by atoms with Crippen molar-refractivity contribution in [2.75, 3.05) is 18.6 Å². The molecule has 1 aliphatic heterocycles. The topological polar surface area (TPSA) is 91.2 Å². The van der Waals surface area contributed by atoms with Gasteiger partial charge in [-0.2, -0.15) is 0 Å². The van der Waals surface area contributed by atoms with E-state index >= 15 is 0 Å². The van der Waals surface area contributed by atoms with Crippen molar-refractivity contribution >= 4 is 34.8 Å². The van der Waals surface area contributed by atoms with E-state index in [-0.39, 0.29) is 6.61 Å². The van der Waals surface area contributed by atoms with Crippen LogP contribution in [-0.4, -0.2) is 48.6 Å². The number of amides is 2. The fraction of sp³-hybridized carbons (Fsp3) is 0.222. The van der Waals surface area contributed by atoms with Crippen LogP contribution in [-0.2, 0) is 9.59 Å². The van der Waals surface area contributed by atoms with Crippen molar-refractivity contribution in [3.63, 3.8) is 0 Å². The van der Waals surface area contributed by atoms with E-state index in [1.54, 1.807) is 44.3 Å². The van der Waals surface area contributed by atoms with Gasteiger partial charge in [0.05, 0.1) is 23.4 Å². The van der Waals surface area contributed by atoms with Crippen LogP contribution in [0.3, 0.4) is 0 Å². The summed E-state index contributed by atoms with van der Waals surface area (Å²) in [4.78, 5) is 32.4. The summed E-state index contributed by atoms with van der Waals surface area (Å²) in [5.74, 6) is -1.17. The zero-order valence-electron chi connectivity index (χ0n) is 19.4. The Hall–Kier alpha value is -3.68. The second-order valence-electron chi connectivity index (χ2n) is 8.29. The van der Waals surface area contributed by atoms with Gasteiger partial charge in [0.25, 0.3) is 5.91 Å². The Morgan fingerprint density at radius 1 is 1.11 bits per heavy atom. The number of rotatable bonds is 7. The molecule has 0 bridgehead atoms. The number of fused-ring (bicyclic) bond motifs is 1. The molecule has 3 atom stereocenters. The number of hydrogen-bond acceptors (Lipinski definition) is 5. The zero-order valence-corrected chi connectivity index (χ0v) is 20.1. The number of nitrogens with one attached hydrogen (secondary N) is 1. The molecule has 0 radical (unpaired) electrons. The number of carbonyl (C=O) groups excluding carboxylic acids is 2. The van der Waals surface area contributed by atoms with Gasteiger partial charge in [-0.15, -0.1) is 0 Å². The molecule has 1 unspecified atom stereocenters. The first-order valence-electron chi connectivity index (χ1n) is 11.2. The second kappa shape index (κ2) is 10.7. The maximum atomic E-state index is 13.3. The zero-order chi connectivity index (χ0) is 24.9. The fourth-order valence-corrected chi connectivity index (χ4v) is 3.92. The summed E-state index contributed by atoms with van der Waals surface area (Å²) in [6, 6.07) is 23.6. The lowest BCUT2D eigenvalue weighted by Crippen LogP contribution is -2.49. The number of halogens is 1. The van der Waals surface area contributed by atoms with Crippen molar-refractivity contribution in [2.24, 2.45) is 10.9 Å². The molecule has 0 fully saturated rings. The number of benzene rings is 3. The van der Waals surface area contributed by atoms with Crippen molar-refractivity contribution in [1.82, 2.24) is 5.32 Å². The van der Waals surface area contributed by atoms with Crippen molar-refractivity contribution in [1.29, 1.82) is 0 Å². The van der Waals surface area contributed by atoms with Crippen LogP contribution in [0.5, 0.6) is 5.75 Å². The first kappa shape index (κ1) is 24.4. The van der Waals surface area contributed by atoms with E-state index in [9.17, 15) is 14.7 Å². The van der Waals surface area contributed by atoms with E-state index in [4.69, 9.17) is 16.3 Å². The smallest absolute Gasteiger partial charge is 0.272 e. The van der Waals surface area contributed by atoms with Gasteiger partial charge < -0.3 is 20.1 Å². The van der Waals surface area contributed by atoms with Crippen LogP contribution < -0.4 is 15.0 Å². The molecule has 0 spiro atoms. The van der Waals surface area contributed by atoms with E-state index in [1.807, 2.05) is 48.5 Å². The van der Waals surface area contributed by atoms with Crippen LogP contribution >= 0.6 is 11.6 Å². The molecule has 35 heavy (non-hydrogen) atoms. The maximum Gasteiger partial charge on any atom is 0.272 e. The van der Waals surface area contributed by atoms with Crippen molar-refractivity contribution < 1.29 is 19.4 Å². The predicted octanol–water partition coefficient (Wildman–Crippen LogP) is 3.67. The Morgan fingerprint density at radius 2 is 1.77 bits per heavy atom. The first-order chi connectivity index (χ1) is 16.8. The van der Waals surface area contributed by atoms with Gasteiger partial charge in [0.1, 0.15) is 12.4 Å². The lowest BCUT2D eigenvalue weighted by Gasteiger charge is -2.23. The Kier molecular flexibility index (Phi) is 7.48. The van der Waals surface area contributed by atoms with E-state index in [0.29, 0.717) is 27.7 Å².